The zero-order chi connectivity index (χ0) is 42.6. The minimum absolute atomic E-state index is 0.129. The van der Waals surface area contributed by atoms with Gasteiger partial charge in [-0.15, -0.1) is 0 Å². The number of benzene rings is 10. The van der Waals surface area contributed by atoms with Crippen molar-refractivity contribution < 1.29 is 8.83 Å². The van der Waals surface area contributed by atoms with Crippen molar-refractivity contribution in [1.82, 2.24) is 0 Å². The highest BCUT2D eigenvalue weighted by Crippen LogP contribution is 2.65. The summed E-state index contributed by atoms with van der Waals surface area (Å²) in [5.74, 6) is 0.129. The average molecular weight is 829 g/mol. The number of para-hydroxylation sites is 2. The molecule has 2 aliphatic rings. The van der Waals surface area contributed by atoms with E-state index in [2.05, 4.69) is 224 Å². The van der Waals surface area contributed by atoms with Gasteiger partial charge in [-0.25, -0.2) is 0 Å². The van der Waals surface area contributed by atoms with Gasteiger partial charge in [0.15, 0.2) is 0 Å². The minimum atomic E-state index is -0.594. The molecule has 0 N–H and O–H groups in total. The van der Waals surface area contributed by atoms with E-state index in [4.69, 9.17) is 8.83 Å². The highest BCUT2D eigenvalue weighted by Gasteiger charge is 2.53. The first-order chi connectivity index (χ1) is 32.2. The zero-order valence-corrected chi connectivity index (χ0v) is 35.5. The standard InChI is InChI=1S/C63H40O2/c1-3-16-39(17-4-1)40-30-32-42(33-31-40)51(41-18-5-2-6-19-41)36-43-34-35-49(62-60(43)50-23-10-14-29-58(50)65-62)48-25-15-24-47-44-20-7-11-26-54(44)63(61(47)48)55-27-12-8-21-45(55)52-37-53-46-22-9-13-28-57(46)64-59(53)38-56(52)63/h1-35,37-38,51H,36H2. The van der Waals surface area contributed by atoms with E-state index in [0.717, 1.165) is 50.5 Å². The highest BCUT2D eigenvalue weighted by atomic mass is 16.3. The van der Waals surface area contributed by atoms with Gasteiger partial charge in [0.05, 0.1) is 5.41 Å². The van der Waals surface area contributed by atoms with Crippen LogP contribution in [-0.2, 0) is 11.8 Å². The van der Waals surface area contributed by atoms with Crippen molar-refractivity contribution in [3.05, 3.63) is 263 Å². The Labute approximate surface area is 376 Å². The molecule has 0 radical (unpaired) electrons. The van der Waals surface area contributed by atoms with Crippen LogP contribution in [0.15, 0.2) is 233 Å². The van der Waals surface area contributed by atoms with Gasteiger partial charge >= 0.3 is 0 Å². The third kappa shape index (κ3) is 5.17. The first-order valence-corrected chi connectivity index (χ1v) is 22.7. The van der Waals surface area contributed by atoms with Crippen molar-refractivity contribution in [1.29, 1.82) is 0 Å². The molecule has 0 amide bonds. The van der Waals surface area contributed by atoms with Crippen molar-refractivity contribution in [2.75, 3.05) is 0 Å². The molecule has 2 aliphatic carbocycles. The molecule has 0 bridgehead atoms. The maximum absolute atomic E-state index is 7.14. The van der Waals surface area contributed by atoms with Crippen molar-refractivity contribution in [2.24, 2.45) is 0 Å². The summed E-state index contributed by atoms with van der Waals surface area (Å²) in [6.45, 7) is 0. The van der Waals surface area contributed by atoms with Crippen molar-refractivity contribution in [3.63, 3.8) is 0 Å². The summed E-state index contributed by atoms with van der Waals surface area (Å²) in [5, 5.41) is 4.60. The first-order valence-electron chi connectivity index (χ1n) is 22.7. The molecular formula is C63H40O2. The molecule has 2 nitrogen and oxygen atoms in total. The number of furan rings is 2. The van der Waals surface area contributed by atoms with Crippen LogP contribution in [0.1, 0.15) is 44.9 Å². The molecule has 14 rings (SSSR count). The van der Waals surface area contributed by atoms with E-state index in [-0.39, 0.29) is 5.92 Å². The lowest BCUT2D eigenvalue weighted by Gasteiger charge is -2.32. The minimum Gasteiger partial charge on any atom is -0.456 e. The molecule has 2 unspecified atom stereocenters. The normalized spacial score (nSPS) is 15.1. The van der Waals surface area contributed by atoms with Crippen LogP contribution in [0.4, 0.5) is 0 Å². The molecule has 2 atom stereocenters. The topological polar surface area (TPSA) is 26.3 Å². The van der Waals surface area contributed by atoms with Crippen LogP contribution in [0.2, 0.25) is 0 Å². The molecule has 12 aromatic rings. The van der Waals surface area contributed by atoms with Gasteiger partial charge in [0, 0.05) is 33.0 Å². The number of hydrogen-bond donors (Lipinski definition) is 0. The average Bonchev–Trinajstić information content (AvgIpc) is 4.11. The Bertz CT molecular complexity index is 3850. The highest BCUT2D eigenvalue weighted by molar-refractivity contribution is 6.13. The van der Waals surface area contributed by atoms with Crippen LogP contribution in [0.3, 0.4) is 0 Å². The number of fused-ring (bicyclic) bond motifs is 16. The van der Waals surface area contributed by atoms with Crippen LogP contribution in [0.5, 0.6) is 0 Å². The molecule has 0 saturated carbocycles. The monoisotopic (exact) mass is 828 g/mol. The van der Waals surface area contributed by atoms with Crippen LogP contribution in [-0.4, -0.2) is 0 Å². The molecule has 0 aliphatic heterocycles. The Morgan fingerprint density at radius 1 is 0.354 bits per heavy atom. The summed E-state index contributed by atoms with van der Waals surface area (Å²) in [4.78, 5) is 0. The summed E-state index contributed by atoms with van der Waals surface area (Å²) in [7, 11) is 0. The summed E-state index contributed by atoms with van der Waals surface area (Å²) >= 11 is 0. The van der Waals surface area contributed by atoms with Crippen molar-refractivity contribution in [3.8, 4) is 44.5 Å². The Hall–Kier alpha value is -8.20. The van der Waals surface area contributed by atoms with Crippen LogP contribution in [0, 0.1) is 0 Å². The van der Waals surface area contributed by atoms with Crippen molar-refractivity contribution >= 4 is 43.9 Å². The fourth-order valence-electron chi connectivity index (χ4n) is 11.8. The Morgan fingerprint density at radius 3 is 1.68 bits per heavy atom. The molecule has 304 valence electrons. The maximum atomic E-state index is 7.14. The van der Waals surface area contributed by atoms with E-state index >= 15 is 0 Å². The first kappa shape index (κ1) is 36.3. The second kappa shape index (κ2) is 13.9. The van der Waals surface area contributed by atoms with E-state index in [9.17, 15) is 0 Å². The molecular weight excluding hydrogens is 789 g/mol. The van der Waals surface area contributed by atoms with Gasteiger partial charge < -0.3 is 8.83 Å². The lowest BCUT2D eigenvalue weighted by Crippen LogP contribution is -2.26. The van der Waals surface area contributed by atoms with E-state index < -0.39 is 5.41 Å². The second-order valence-electron chi connectivity index (χ2n) is 17.8. The lowest BCUT2D eigenvalue weighted by atomic mass is 9.68. The zero-order valence-electron chi connectivity index (χ0n) is 35.5. The van der Waals surface area contributed by atoms with Gasteiger partial charge in [-0.2, -0.15) is 0 Å². The third-order valence-electron chi connectivity index (χ3n) is 14.6. The van der Waals surface area contributed by atoms with Crippen LogP contribution >= 0.6 is 0 Å². The predicted octanol–water partition coefficient (Wildman–Crippen LogP) is 16.5. The van der Waals surface area contributed by atoms with E-state index in [1.807, 2.05) is 0 Å². The molecule has 1 spiro atoms. The summed E-state index contributed by atoms with van der Waals surface area (Å²) in [6.07, 6.45) is 0.811. The smallest absolute Gasteiger partial charge is 0.143 e. The van der Waals surface area contributed by atoms with Crippen LogP contribution in [0.25, 0.3) is 88.4 Å². The van der Waals surface area contributed by atoms with Gasteiger partial charge in [0.1, 0.15) is 22.3 Å². The fraction of sp³-hybridized carbons (Fsp3) is 0.0476. The Morgan fingerprint density at radius 2 is 0.923 bits per heavy atom. The van der Waals surface area contributed by atoms with Gasteiger partial charge in [-0.05, 0) is 109 Å². The molecule has 0 saturated heterocycles. The largest absolute Gasteiger partial charge is 0.456 e. The van der Waals surface area contributed by atoms with E-state index in [1.54, 1.807) is 0 Å². The molecule has 2 aromatic heterocycles. The lowest BCUT2D eigenvalue weighted by molar-refractivity contribution is 0.666. The SMILES string of the molecule is c1ccc(-c2ccc(C(Cc3ccc(-c4cccc5c4C4(c6ccccc6-c6cc7c(cc64)oc4ccccc47)c4ccccc4-5)c4oc5ccccc5c34)c3ccccc3)cc2)cc1. The van der Waals surface area contributed by atoms with Gasteiger partial charge in [0.2, 0.25) is 0 Å². The number of rotatable bonds is 6. The van der Waals surface area contributed by atoms with Crippen LogP contribution < -0.4 is 0 Å². The molecule has 65 heavy (non-hydrogen) atoms. The quantitative estimate of drug-likeness (QED) is 0.167. The number of hydrogen-bond acceptors (Lipinski definition) is 2. The summed E-state index contributed by atoms with van der Waals surface area (Å²) in [6, 6.07) is 82.3. The maximum Gasteiger partial charge on any atom is 0.143 e. The van der Waals surface area contributed by atoms with E-state index in [0.29, 0.717) is 0 Å². The fourth-order valence-corrected chi connectivity index (χ4v) is 11.8. The van der Waals surface area contributed by atoms with Gasteiger partial charge in [0.25, 0.3) is 0 Å². The molecule has 0 fully saturated rings. The summed E-state index contributed by atoms with van der Waals surface area (Å²) in [5.41, 5.74) is 21.8. The van der Waals surface area contributed by atoms with Gasteiger partial charge in [-0.1, -0.05) is 200 Å². The Kier molecular flexibility index (Phi) is 7.76. The second-order valence-corrected chi connectivity index (χ2v) is 17.8. The predicted molar refractivity (Wildman–Crippen MR) is 267 cm³/mol. The summed E-state index contributed by atoms with van der Waals surface area (Å²) < 4.78 is 13.8. The third-order valence-corrected chi connectivity index (χ3v) is 14.6. The van der Waals surface area contributed by atoms with Crippen molar-refractivity contribution in [2.45, 2.75) is 17.8 Å². The van der Waals surface area contributed by atoms with E-state index in [1.165, 1.54) is 83.3 Å². The molecule has 2 heteroatoms. The molecule has 10 aromatic carbocycles. The van der Waals surface area contributed by atoms with Gasteiger partial charge in [-0.3, -0.25) is 0 Å². The Balaban J connectivity index is 1.00. The molecule has 2 heterocycles.